The smallest absolute Gasteiger partial charge is 0.0217 e. The van der Waals surface area contributed by atoms with E-state index >= 15 is 0 Å². The molecule has 1 unspecified atom stereocenters. The molecule has 1 heterocycles. The number of likely N-dealkylation sites (tertiary alicyclic amines) is 1. The Morgan fingerprint density at radius 1 is 1.46 bits per heavy atom. The fourth-order valence-corrected chi connectivity index (χ4v) is 2.09. The van der Waals surface area contributed by atoms with Crippen LogP contribution in [0.4, 0.5) is 0 Å². The standard InChI is InChI=1S/C10H22N2S/c1-11(2)10-5-3-6-12(9-10)7-4-8-13/h10,13H,3-9H2,1-2H3. The monoisotopic (exact) mass is 202 g/mol. The van der Waals surface area contributed by atoms with Gasteiger partial charge in [-0.05, 0) is 52.2 Å². The van der Waals surface area contributed by atoms with E-state index in [0.717, 1.165) is 11.8 Å². The number of hydrogen-bond acceptors (Lipinski definition) is 3. The Labute approximate surface area is 87.7 Å². The molecule has 3 heteroatoms. The number of rotatable bonds is 4. The van der Waals surface area contributed by atoms with Crippen LogP contribution in [0.3, 0.4) is 0 Å². The van der Waals surface area contributed by atoms with Crippen LogP contribution in [0.2, 0.25) is 0 Å². The average molecular weight is 202 g/mol. The van der Waals surface area contributed by atoms with Gasteiger partial charge in [0.05, 0.1) is 0 Å². The predicted molar refractivity (Wildman–Crippen MR) is 61.6 cm³/mol. The van der Waals surface area contributed by atoms with E-state index in [1.165, 1.54) is 38.9 Å². The average Bonchev–Trinajstić information content (AvgIpc) is 2.15. The van der Waals surface area contributed by atoms with Crippen molar-refractivity contribution in [3.05, 3.63) is 0 Å². The highest BCUT2D eigenvalue weighted by Crippen LogP contribution is 2.13. The molecule has 0 radical (unpaired) electrons. The SMILES string of the molecule is CN(C)C1CCCN(CCCS)C1. The summed E-state index contributed by atoms with van der Waals surface area (Å²) in [5.41, 5.74) is 0. The van der Waals surface area contributed by atoms with Gasteiger partial charge in [-0.2, -0.15) is 12.6 Å². The zero-order valence-electron chi connectivity index (χ0n) is 8.87. The van der Waals surface area contributed by atoms with Crippen molar-refractivity contribution in [2.75, 3.05) is 39.5 Å². The summed E-state index contributed by atoms with van der Waals surface area (Å²) in [6.07, 6.45) is 3.95. The summed E-state index contributed by atoms with van der Waals surface area (Å²) in [6.45, 7) is 3.77. The molecule has 0 aliphatic carbocycles. The van der Waals surface area contributed by atoms with Gasteiger partial charge in [0.1, 0.15) is 0 Å². The molecule has 0 aromatic carbocycles. The second-order valence-corrected chi connectivity index (χ2v) is 4.58. The van der Waals surface area contributed by atoms with Crippen LogP contribution in [0.25, 0.3) is 0 Å². The van der Waals surface area contributed by atoms with Gasteiger partial charge in [0.25, 0.3) is 0 Å². The molecule has 13 heavy (non-hydrogen) atoms. The molecule has 2 nitrogen and oxygen atoms in total. The minimum atomic E-state index is 0.772. The highest BCUT2D eigenvalue weighted by molar-refractivity contribution is 7.80. The number of likely N-dealkylation sites (N-methyl/N-ethyl adjacent to an activating group) is 1. The molecule has 0 spiro atoms. The molecule has 1 atom stereocenters. The lowest BCUT2D eigenvalue weighted by molar-refractivity contribution is 0.134. The molecular formula is C10H22N2S. The van der Waals surface area contributed by atoms with E-state index in [1.807, 2.05) is 0 Å². The predicted octanol–water partition coefficient (Wildman–Crippen LogP) is 1.33. The van der Waals surface area contributed by atoms with Gasteiger partial charge in [0.2, 0.25) is 0 Å². The number of nitrogens with zero attached hydrogens (tertiary/aromatic N) is 2. The van der Waals surface area contributed by atoms with E-state index in [1.54, 1.807) is 0 Å². The first-order valence-corrected chi connectivity index (χ1v) is 5.87. The van der Waals surface area contributed by atoms with E-state index in [2.05, 4.69) is 36.5 Å². The summed E-state index contributed by atoms with van der Waals surface area (Å²) in [7, 11) is 4.37. The lowest BCUT2D eigenvalue weighted by Gasteiger charge is -2.36. The van der Waals surface area contributed by atoms with Gasteiger partial charge in [-0.3, -0.25) is 0 Å². The Kier molecular flexibility index (Phi) is 5.14. The third-order valence-corrected chi connectivity index (χ3v) is 3.16. The van der Waals surface area contributed by atoms with Gasteiger partial charge in [-0.25, -0.2) is 0 Å². The first kappa shape index (κ1) is 11.3. The Balaban J connectivity index is 2.25. The first-order chi connectivity index (χ1) is 6.24. The van der Waals surface area contributed by atoms with E-state index in [9.17, 15) is 0 Å². The summed E-state index contributed by atoms with van der Waals surface area (Å²) < 4.78 is 0. The highest BCUT2D eigenvalue weighted by Gasteiger charge is 2.20. The van der Waals surface area contributed by atoms with Crippen LogP contribution in [0.1, 0.15) is 19.3 Å². The molecule has 0 amide bonds. The molecule has 1 fully saturated rings. The summed E-state index contributed by atoms with van der Waals surface area (Å²) in [6, 6.07) is 0.772. The maximum atomic E-state index is 4.25. The number of piperidine rings is 1. The lowest BCUT2D eigenvalue weighted by Crippen LogP contribution is -2.45. The van der Waals surface area contributed by atoms with Gasteiger partial charge in [-0.15, -0.1) is 0 Å². The van der Waals surface area contributed by atoms with E-state index < -0.39 is 0 Å². The van der Waals surface area contributed by atoms with Crippen LogP contribution in [0, 0.1) is 0 Å². The van der Waals surface area contributed by atoms with E-state index in [-0.39, 0.29) is 0 Å². The van der Waals surface area contributed by atoms with Crippen LogP contribution >= 0.6 is 12.6 Å². The normalized spacial score (nSPS) is 25.4. The minimum absolute atomic E-state index is 0.772. The van der Waals surface area contributed by atoms with Crippen molar-refractivity contribution in [2.45, 2.75) is 25.3 Å². The topological polar surface area (TPSA) is 6.48 Å². The minimum Gasteiger partial charge on any atom is -0.305 e. The zero-order valence-corrected chi connectivity index (χ0v) is 9.76. The molecule has 1 aliphatic rings. The Morgan fingerprint density at radius 3 is 2.85 bits per heavy atom. The van der Waals surface area contributed by atoms with Gasteiger partial charge in [0.15, 0.2) is 0 Å². The van der Waals surface area contributed by atoms with Crippen molar-refractivity contribution < 1.29 is 0 Å². The maximum Gasteiger partial charge on any atom is 0.0217 e. The fraction of sp³-hybridized carbons (Fsp3) is 1.00. The van der Waals surface area contributed by atoms with E-state index in [4.69, 9.17) is 0 Å². The Morgan fingerprint density at radius 2 is 2.23 bits per heavy atom. The maximum absolute atomic E-state index is 4.25. The highest BCUT2D eigenvalue weighted by atomic mass is 32.1. The second kappa shape index (κ2) is 5.89. The van der Waals surface area contributed by atoms with Gasteiger partial charge in [-0.1, -0.05) is 0 Å². The number of thiol groups is 1. The Hall–Kier alpha value is 0.270. The van der Waals surface area contributed by atoms with Gasteiger partial charge in [0, 0.05) is 12.6 Å². The third-order valence-electron chi connectivity index (χ3n) is 2.84. The van der Waals surface area contributed by atoms with Crippen molar-refractivity contribution >= 4 is 12.6 Å². The summed E-state index contributed by atoms with van der Waals surface area (Å²) in [4.78, 5) is 4.93. The van der Waals surface area contributed by atoms with Crippen LogP contribution in [0.5, 0.6) is 0 Å². The van der Waals surface area contributed by atoms with Crippen molar-refractivity contribution in [1.29, 1.82) is 0 Å². The Bertz CT molecular complexity index is 139. The second-order valence-electron chi connectivity index (χ2n) is 4.14. The molecule has 0 bridgehead atoms. The zero-order chi connectivity index (χ0) is 9.68. The summed E-state index contributed by atoms with van der Waals surface area (Å²) in [5, 5.41) is 0. The lowest BCUT2D eigenvalue weighted by atomic mass is 10.0. The largest absolute Gasteiger partial charge is 0.305 e. The molecule has 1 rings (SSSR count). The van der Waals surface area contributed by atoms with E-state index in [0.29, 0.717) is 0 Å². The van der Waals surface area contributed by atoms with Crippen LogP contribution in [-0.4, -0.2) is 55.3 Å². The van der Waals surface area contributed by atoms with Crippen molar-refractivity contribution in [2.24, 2.45) is 0 Å². The summed E-state index contributed by atoms with van der Waals surface area (Å²) >= 11 is 4.25. The fourth-order valence-electron chi connectivity index (χ4n) is 1.95. The van der Waals surface area contributed by atoms with Crippen LogP contribution in [-0.2, 0) is 0 Å². The molecule has 0 aromatic heterocycles. The first-order valence-electron chi connectivity index (χ1n) is 5.23. The molecule has 0 N–H and O–H groups in total. The molecule has 0 saturated carbocycles. The van der Waals surface area contributed by atoms with Crippen molar-refractivity contribution in [3.63, 3.8) is 0 Å². The molecule has 1 saturated heterocycles. The van der Waals surface area contributed by atoms with Crippen molar-refractivity contribution in [3.8, 4) is 0 Å². The van der Waals surface area contributed by atoms with Crippen molar-refractivity contribution in [1.82, 2.24) is 9.80 Å². The number of hydrogen-bond donors (Lipinski definition) is 1. The van der Waals surface area contributed by atoms with Gasteiger partial charge < -0.3 is 9.80 Å². The molecule has 1 aliphatic heterocycles. The molecule has 78 valence electrons. The van der Waals surface area contributed by atoms with Crippen LogP contribution in [0.15, 0.2) is 0 Å². The summed E-state index contributed by atoms with van der Waals surface area (Å²) in [5.74, 6) is 1.02. The quantitative estimate of drug-likeness (QED) is 0.687. The molecular weight excluding hydrogens is 180 g/mol. The third kappa shape index (κ3) is 3.88. The molecule has 0 aromatic rings. The van der Waals surface area contributed by atoms with Crippen LogP contribution < -0.4 is 0 Å². The van der Waals surface area contributed by atoms with Gasteiger partial charge >= 0.3 is 0 Å².